The van der Waals surface area contributed by atoms with E-state index in [2.05, 4.69) is 25.7 Å². The first-order valence-corrected chi connectivity index (χ1v) is 9.12. The van der Waals surface area contributed by atoms with Crippen LogP contribution in [0.4, 0.5) is 0 Å². The van der Waals surface area contributed by atoms with Gasteiger partial charge in [0.1, 0.15) is 0 Å². The van der Waals surface area contributed by atoms with Crippen molar-refractivity contribution < 1.29 is 9.53 Å². The Bertz CT molecular complexity index is 724. The second kappa shape index (κ2) is 8.86. The lowest BCUT2D eigenvalue weighted by Crippen LogP contribution is -2.38. The summed E-state index contributed by atoms with van der Waals surface area (Å²) in [4.78, 5) is 14.8. The summed E-state index contributed by atoms with van der Waals surface area (Å²) in [6.07, 6.45) is 0.928. The molecule has 0 radical (unpaired) electrons. The molecule has 0 unspecified atom stereocenters. The Hall–Kier alpha value is -2.32. The Balaban J connectivity index is 1.55. The molecule has 1 saturated heterocycles. The predicted octanol–water partition coefficient (Wildman–Crippen LogP) is 1.37. The van der Waals surface area contributed by atoms with Crippen LogP contribution in [0.2, 0.25) is 0 Å². The zero-order valence-corrected chi connectivity index (χ0v) is 15.4. The van der Waals surface area contributed by atoms with E-state index >= 15 is 0 Å². The topological polar surface area (TPSA) is 85.2 Å². The van der Waals surface area contributed by atoms with E-state index in [0.29, 0.717) is 17.9 Å². The van der Waals surface area contributed by atoms with Crippen molar-refractivity contribution in [1.82, 2.24) is 30.4 Å². The number of aromatic nitrogens is 4. The highest BCUT2D eigenvalue weighted by Gasteiger charge is 2.14. The molecule has 8 heteroatoms. The molecule has 1 N–H and O–H groups in total. The van der Waals surface area contributed by atoms with Crippen LogP contribution in [0.1, 0.15) is 36.7 Å². The van der Waals surface area contributed by atoms with E-state index in [1.54, 1.807) is 4.68 Å². The number of carbonyl (C=O) groups is 1. The van der Waals surface area contributed by atoms with Crippen LogP contribution in [-0.2, 0) is 4.74 Å². The normalized spacial score (nSPS) is 15.3. The van der Waals surface area contributed by atoms with Crippen molar-refractivity contribution in [3.63, 3.8) is 0 Å². The molecule has 2 heterocycles. The Kier molecular flexibility index (Phi) is 6.30. The van der Waals surface area contributed by atoms with Gasteiger partial charge in [0.25, 0.3) is 5.91 Å². The average molecular weight is 358 g/mol. The van der Waals surface area contributed by atoms with Crippen molar-refractivity contribution in [2.75, 3.05) is 39.4 Å². The molecule has 1 aromatic heterocycles. The maximum Gasteiger partial charge on any atom is 0.251 e. The highest BCUT2D eigenvalue weighted by Crippen LogP contribution is 2.20. The molecular formula is C18H26N6O2. The molecule has 0 bridgehead atoms. The summed E-state index contributed by atoms with van der Waals surface area (Å²) in [7, 11) is 0. The molecule has 2 aromatic rings. The summed E-state index contributed by atoms with van der Waals surface area (Å²) in [5.74, 6) is 0.597. The fourth-order valence-electron chi connectivity index (χ4n) is 2.96. The highest BCUT2D eigenvalue weighted by molar-refractivity contribution is 5.95. The van der Waals surface area contributed by atoms with E-state index in [-0.39, 0.29) is 11.9 Å². The first-order chi connectivity index (χ1) is 12.6. The van der Waals surface area contributed by atoms with E-state index in [1.165, 1.54) is 0 Å². The van der Waals surface area contributed by atoms with Crippen LogP contribution in [0.3, 0.4) is 0 Å². The number of rotatable bonds is 7. The quantitative estimate of drug-likeness (QED) is 0.753. The zero-order valence-electron chi connectivity index (χ0n) is 15.4. The molecule has 0 atom stereocenters. The van der Waals surface area contributed by atoms with Crippen molar-refractivity contribution in [3.8, 4) is 11.4 Å². The van der Waals surface area contributed by atoms with Crippen LogP contribution in [0, 0.1) is 0 Å². The second-order valence-electron chi connectivity index (χ2n) is 6.69. The fraction of sp³-hybridized carbons (Fsp3) is 0.556. The SMILES string of the molecule is CC(C)n1nnnc1-c1cccc(C(=O)NCCCN2CCOCC2)c1. The minimum absolute atomic E-state index is 0.0719. The third-order valence-electron chi connectivity index (χ3n) is 4.41. The molecule has 0 saturated carbocycles. The Labute approximate surface area is 153 Å². The molecule has 1 aromatic carbocycles. The van der Waals surface area contributed by atoms with Crippen molar-refractivity contribution >= 4 is 5.91 Å². The number of carbonyl (C=O) groups excluding carboxylic acids is 1. The number of nitrogens with one attached hydrogen (secondary N) is 1. The summed E-state index contributed by atoms with van der Waals surface area (Å²) in [6, 6.07) is 7.57. The molecule has 0 aliphatic carbocycles. The molecule has 1 aliphatic rings. The molecule has 1 fully saturated rings. The number of benzene rings is 1. The fourth-order valence-corrected chi connectivity index (χ4v) is 2.96. The third-order valence-corrected chi connectivity index (χ3v) is 4.41. The van der Waals surface area contributed by atoms with Gasteiger partial charge in [0.2, 0.25) is 0 Å². The van der Waals surface area contributed by atoms with Gasteiger partial charge < -0.3 is 10.1 Å². The van der Waals surface area contributed by atoms with Gasteiger partial charge in [-0.3, -0.25) is 9.69 Å². The number of amides is 1. The summed E-state index contributed by atoms with van der Waals surface area (Å²) in [6.45, 7) is 9.22. The molecule has 26 heavy (non-hydrogen) atoms. The van der Waals surface area contributed by atoms with Gasteiger partial charge in [-0.25, -0.2) is 4.68 Å². The van der Waals surface area contributed by atoms with Crippen LogP contribution >= 0.6 is 0 Å². The van der Waals surface area contributed by atoms with Crippen LogP contribution in [-0.4, -0.2) is 70.4 Å². The average Bonchev–Trinajstić information content (AvgIpc) is 3.16. The molecule has 3 rings (SSSR count). The Morgan fingerprint density at radius 2 is 2.12 bits per heavy atom. The Morgan fingerprint density at radius 3 is 2.88 bits per heavy atom. The summed E-state index contributed by atoms with van der Waals surface area (Å²) < 4.78 is 7.09. The maximum absolute atomic E-state index is 12.4. The Morgan fingerprint density at radius 1 is 1.31 bits per heavy atom. The van der Waals surface area contributed by atoms with E-state index in [4.69, 9.17) is 4.74 Å². The summed E-state index contributed by atoms with van der Waals surface area (Å²) in [5.41, 5.74) is 1.46. The van der Waals surface area contributed by atoms with Crippen molar-refractivity contribution in [2.45, 2.75) is 26.3 Å². The molecule has 1 amide bonds. The van der Waals surface area contributed by atoms with E-state index in [1.807, 2.05) is 38.1 Å². The van der Waals surface area contributed by atoms with Crippen LogP contribution in [0.5, 0.6) is 0 Å². The maximum atomic E-state index is 12.4. The molecule has 8 nitrogen and oxygen atoms in total. The van der Waals surface area contributed by atoms with Gasteiger partial charge >= 0.3 is 0 Å². The van der Waals surface area contributed by atoms with Crippen molar-refractivity contribution in [3.05, 3.63) is 29.8 Å². The number of morpholine rings is 1. The molecular weight excluding hydrogens is 332 g/mol. The molecule has 140 valence electrons. The molecule has 1 aliphatic heterocycles. The minimum atomic E-state index is -0.0719. The first kappa shape index (κ1) is 18.5. The number of hydrogen-bond donors (Lipinski definition) is 1. The lowest BCUT2D eigenvalue weighted by atomic mass is 10.1. The lowest BCUT2D eigenvalue weighted by molar-refractivity contribution is 0.0374. The number of ether oxygens (including phenoxy) is 1. The number of hydrogen-bond acceptors (Lipinski definition) is 6. The largest absolute Gasteiger partial charge is 0.379 e. The zero-order chi connectivity index (χ0) is 18.4. The molecule has 0 spiro atoms. The van der Waals surface area contributed by atoms with Crippen LogP contribution in [0.25, 0.3) is 11.4 Å². The predicted molar refractivity (Wildman–Crippen MR) is 97.8 cm³/mol. The standard InChI is InChI=1S/C18H26N6O2/c1-14(2)24-17(20-21-22-24)15-5-3-6-16(13-15)18(25)19-7-4-8-23-9-11-26-12-10-23/h3,5-6,13-14H,4,7-12H2,1-2H3,(H,19,25). The van der Waals surface area contributed by atoms with Crippen LogP contribution < -0.4 is 5.32 Å². The minimum Gasteiger partial charge on any atom is -0.379 e. The first-order valence-electron chi connectivity index (χ1n) is 9.12. The highest BCUT2D eigenvalue weighted by atomic mass is 16.5. The third kappa shape index (κ3) is 4.64. The second-order valence-corrected chi connectivity index (χ2v) is 6.69. The number of nitrogens with zero attached hydrogens (tertiary/aromatic N) is 5. The van der Waals surface area contributed by atoms with Crippen molar-refractivity contribution in [1.29, 1.82) is 0 Å². The summed E-state index contributed by atoms with van der Waals surface area (Å²) in [5, 5.41) is 14.8. The van der Waals surface area contributed by atoms with Gasteiger partial charge in [-0.1, -0.05) is 12.1 Å². The van der Waals surface area contributed by atoms with Gasteiger partial charge in [-0.05, 0) is 49.4 Å². The van der Waals surface area contributed by atoms with Gasteiger partial charge in [-0.2, -0.15) is 0 Å². The van der Waals surface area contributed by atoms with E-state index in [0.717, 1.165) is 44.8 Å². The van der Waals surface area contributed by atoms with Gasteiger partial charge in [0.15, 0.2) is 5.82 Å². The van der Waals surface area contributed by atoms with Crippen LogP contribution in [0.15, 0.2) is 24.3 Å². The smallest absolute Gasteiger partial charge is 0.251 e. The monoisotopic (exact) mass is 358 g/mol. The van der Waals surface area contributed by atoms with E-state index < -0.39 is 0 Å². The number of tetrazole rings is 1. The van der Waals surface area contributed by atoms with Gasteiger partial charge in [0.05, 0.1) is 19.3 Å². The van der Waals surface area contributed by atoms with Crippen molar-refractivity contribution in [2.24, 2.45) is 0 Å². The lowest BCUT2D eigenvalue weighted by Gasteiger charge is -2.26. The van der Waals surface area contributed by atoms with Gasteiger partial charge in [-0.15, -0.1) is 5.10 Å². The van der Waals surface area contributed by atoms with Gasteiger partial charge in [0, 0.05) is 30.8 Å². The van der Waals surface area contributed by atoms with E-state index in [9.17, 15) is 4.79 Å². The summed E-state index contributed by atoms with van der Waals surface area (Å²) >= 11 is 0.